The molecule has 2 atom stereocenters. The molecule has 0 aromatic heterocycles. The number of rotatable bonds is 3. The molecule has 0 saturated carbocycles. The topological polar surface area (TPSA) is 44.8 Å². The molecule has 0 spiro atoms. The summed E-state index contributed by atoms with van der Waals surface area (Å²) in [6.45, 7) is 6.07. The molecule has 1 aliphatic heterocycles. The molecule has 0 bridgehead atoms. The molecular weight excluding hydrogens is 184 g/mol. The molecule has 0 aromatic carbocycles. The Labute approximate surface area is 84.5 Å². The van der Waals surface area contributed by atoms with Gasteiger partial charge in [-0.05, 0) is 19.8 Å². The van der Waals surface area contributed by atoms with E-state index in [0.29, 0.717) is 13.0 Å². The minimum Gasteiger partial charge on any atom is -0.408 e. The van der Waals surface area contributed by atoms with Gasteiger partial charge in [0.25, 0.3) is 0 Å². The lowest BCUT2D eigenvalue weighted by molar-refractivity contribution is -0.387. The molecule has 1 fully saturated rings. The maximum atomic E-state index is 11.2. The molecule has 1 rings (SSSR count). The zero-order valence-electron chi connectivity index (χ0n) is 9.04. The zero-order chi connectivity index (χ0) is 10.6. The third-order valence-electron chi connectivity index (χ3n) is 2.06. The first-order chi connectivity index (χ1) is 6.56. The predicted octanol–water partition coefficient (Wildman–Crippen LogP) is 1.83. The van der Waals surface area contributed by atoms with Gasteiger partial charge >= 0.3 is 11.9 Å². The second kappa shape index (κ2) is 4.75. The molecule has 0 amide bonds. The average molecular weight is 202 g/mol. The van der Waals surface area contributed by atoms with Gasteiger partial charge in [-0.3, -0.25) is 4.79 Å². The van der Waals surface area contributed by atoms with Gasteiger partial charge in [0.1, 0.15) is 0 Å². The van der Waals surface area contributed by atoms with E-state index in [0.717, 1.165) is 12.8 Å². The van der Waals surface area contributed by atoms with Crippen LogP contribution in [0.1, 0.15) is 40.0 Å². The summed E-state index contributed by atoms with van der Waals surface area (Å²) in [5.41, 5.74) is 0. The van der Waals surface area contributed by atoms with Crippen molar-refractivity contribution < 1.29 is 19.0 Å². The summed E-state index contributed by atoms with van der Waals surface area (Å²) in [6.07, 6.45) is 2.07. The van der Waals surface area contributed by atoms with Gasteiger partial charge in [-0.25, -0.2) is 0 Å². The summed E-state index contributed by atoms with van der Waals surface area (Å²) in [4.78, 5) is 11.2. The van der Waals surface area contributed by atoms with Crippen LogP contribution in [0.5, 0.6) is 0 Å². The first-order valence-corrected chi connectivity index (χ1v) is 5.09. The van der Waals surface area contributed by atoms with Gasteiger partial charge in [-0.1, -0.05) is 6.92 Å². The second-order valence-corrected chi connectivity index (χ2v) is 3.65. The van der Waals surface area contributed by atoms with Crippen molar-refractivity contribution in [3.05, 3.63) is 0 Å². The van der Waals surface area contributed by atoms with Gasteiger partial charge in [0, 0.05) is 13.3 Å². The highest BCUT2D eigenvalue weighted by molar-refractivity contribution is 5.69. The number of ether oxygens (including phenoxy) is 3. The third kappa shape index (κ3) is 3.27. The van der Waals surface area contributed by atoms with E-state index < -0.39 is 5.97 Å². The van der Waals surface area contributed by atoms with E-state index in [2.05, 4.69) is 0 Å². The maximum Gasteiger partial charge on any atom is 0.326 e. The van der Waals surface area contributed by atoms with Crippen LogP contribution in [0.25, 0.3) is 0 Å². The number of hydrogen-bond acceptors (Lipinski definition) is 4. The molecule has 1 heterocycles. The minimum atomic E-state index is -1.18. The fraction of sp³-hybridized carbons (Fsp3) is 0.900. The van der Waals surface area contributed by atoms with Gasteiger partial charge in [0.2, 0.25) is 0 Å². The van der Waals surface area contributed by atoms with Gasteiger partial charge < -0.3 is 14.2 Å². The third-order valence-corrected chi connectivity index (χ3v) is 2.06. The van der Waals surface area contributed by atoms with Crippen molar-refractivity contribution in [3.63, 3.8) is 0 Å². The maximum absolute atomic E-state index is 11.2. The highest BCUT2D eigenvalue weighted by Gasteiger charge is 2.36. The quantitative estimate of drug-likeness (QED) is 0.655. The van der Waals surface area contributed by atoms with Gasteiger partial charge in [-0.15, -0.1) is 0 Å². The molecule has 14 heavy (non-hydrogen) atoms. The van der Waals surface area contributed by atoms with Crippen LogP contribution in [0.15, 0.2) is 0 Å². The Kier molecular flexibility index (Phi) is 3.89. The Bertz CT molecular complexity index is 204. The van der Waals surface area contributed by atoms with E-state index in [1.807, 2.05) is 13.8 Å². The van der Waals surface area contributed by atoms with Crippen molar-refractivity contribution in [2.24, 2.45) is 0 Å². The summed E-state index contributed by atoms with van der Waals surface area (Å²) in [5.74, 6) is -1.45. The molecule has 0 N–H and O–H groups in total. The molecule has 0 aliphatic carbocycles. The van der Waals surface area contributed by atoms with E-state index in [4.69, 9.17) is 14.2 Å². The smallest absolute Gasteiger partial charge is 0.326 e. The van der Waals surface area contributed by atoms with Crippen molar-refractivity contribution in [3.8, 4) is 0 Å². The normalized spacial score (nSPS) is 32.6. The number of carbonyl (C=O) groups excluding carboxylic acids is 1. The number of carbonyl (C=O) groups is 1. The SMILES string of the molecule is CCCC(=O)OC1(C)OCCC(C)O1. The molecule has 4 nitrogen and oxygen atoms in total. The fourth-order valence-corrected chi connectivity index (χ4v) is 1.38. The lowest BCUT2D eigenvalue weighted by atomic mass is 10.3. The standard InChI is InChI=1S/C10H18O4/c1-4-5-9(11)14-10(3)12-7-6-8(2)13-10/h8H,4-7H2,1-3H3. The summed E-state index contributed by atoms with van der Waals surface area (Å²) >= 11 is 0. The molecule has 1 saturated heterocycles. The van der Waals surface area contributed by atoms with E-state index in [9.17, 15) is 4.79 Å². The largest absolute Gasteiger partial charge is 0.408 e. The first kappa shape index (κ1) is 11.5. The summed E-state index contributed by atoms with van der Waals surface area (Å²) in [6, 6.07) is 0. The Hall–Kier alpha value is -0.610. The average Bonchev–Trinajstić information content (AvgIpc) is 2.02. The van der Waals surface area contributed by atoms with E-state index in [1.54, 1.807) is 6.92 Å². The number of hydrogen-bond donors (Lipinski definition) is 0. The van der Waals surface area contributed by atoms with Gasteiger partial charge in [0.15, 0.2) is 0 Å². The van der Waals surface area contributed by atoms with E-state index >= 15 is 0 Å². The van der Waals surface area contributed by atoms with Crippen molar-refractivity contribution in [1.82, 2.24) is 0 Å². The number of esters is 1. The predicted molar refractivity (Wildman–Crippen MR) is 50.5 cm³/mol. The fourth-order valence-electron chi connectivity index (χ4n) is 1.38. The van der Waals surface area contributed by atoms with Crippen LogP contribution >= 0.6 is 0 Å². The van der Waals surface area contributed by atoms with Gasteiger partial charge in [-0.2, -0.15) is 0 Å². The second-order valence-electron chi connectivity index (χ2n) is 3.65. The molecule has 2 unspecified atom stereocenters. The van der Waals surface area contributed by atoms with Crippen LogP contribution in [0.4, 0.5) is 0 Å². The highest BCUT2D eigenvalue weighted by atomic mass is 16.9. The van der Waals surface area contributed by atoms with Crippen LogP contribution < -0.4 is 0 Å². The minimum absolute atomic E-state index is 0.0724. The molecule has 82 valence electrons. The van der Waals surface area contributed by atoms with Crippen LogP contribution in [0.3, 0.4) is 0 Å². The molecule has 1 aliphatic rings. The Morgan fingerprint density at radius 1 is 1.64 bits per heavy atom. The molecule has 0 aromatic rings. The molecular formula is C10H18O4. The van der Waals surface area contributed by atoms with E-state index in [-0.39, 0.29) is 12.1 Å². The summed E-state index contributed by atoms with van der Waals surface area (Å²) < 4.78 is 15.8. The van der Waals surface area contributed by atoms with Crippen molar-refractivity contribution in [2.45, 2.75) is 52.1 Å². The van der Waals surface area contributed by atoms with Crippen LogP contribution in [-0.4, -0.2) is 24.7 Å². The Morgan fingerprint density at radius 3 is 2.93 bits per heavy atom. The van der Waals surface area contributed by atoms with Crippen LogP contribution in [0, 0.1) is 0 Å². The summed E-state index contributed by atoms with van der Waals surface area (Å²) in [7, 11) is 0. The van der Waals surface area contributed by atoms with Crippen molar-refractivity contribution >= 4 is 5.97 Å². The van der Waals surface area contributed by atoms with Crippen LogP contribution in [0.2, 0.25) is 0 Å². The van der Waals surface area contributed by atoms with Crippen molar-refractivity contribution in [1.29, 1.82) is 0 Å². The first-order valence-electron chi connectivity index (χ1n) is 5.09. The lowest BCUT2D eigenvalue weighted by Crippen LogP contribution is -2.44. The van der Waals surface area contributed by atoms with Crippen molar-refractivity contribution in [2.75, 3.05) is 6.61 Å². The monoisotopic (exact) mass is 202 g/mol. The van der Waals surface area contributed by atoms with E-state index in [1.165, 1.54) is 0 Å². The van der Waals surface area contributed by atoms with Crippen LogP contribution in [-0.2, 0) is 19.0 Å². The Balaban J connectivity index is 2.43. The lowest BCUT2D eigenvalue weighted by Gasteiger charge is -2.35. The zero-order valence-corrected chi connectivity index (χ0v) is 9.04. The molecule has 4 heteroatoms. The Morgan fingerprint density at radius 2 is 2.36 bits per heavy atom. The van der Waals surface area contributed by atoms with Gasteiger partial charge in [0.05, 0.1) is 12.7 Å². The summed E-state index contributed by atoms with van der Waals surface area (Å²) in [5, 5.41) is 0. The molecule has 0 radical (unpaired) electrons. The highest BCUT2D eigenvalue weighted by Crippen LogP contribution is 2.24.